The first-order valence-electron chi connectivity index (χ1n) is 8.50. The van der Waals surface area contributed by atoms with Gasteiger partial charge in [0.25, 0.3) is 5.91 Å². The summed E-state index contributed by atoms with van der Waals surface area (Å²) in [7, 11) is -0.212. The minimum Gasteiger partial charge on any atom is -0.506 e. The lowest BCUT2D eigenvalue weighted by molar-refractivity contribution is 0.0948. The fraction of sp³-hybridized carbons (Fsp3) is 0.150. The van der Waals surface area contributed by atoms with Crippen LogP contribution in [0.5, 0.6) is 5.75 Å². The van der Waals surface area contributed by atoms with Gasteiger partial charge in [0, 0.05) is 37.1 Å². The van der Waals surface area contributed by atoms with Gasteiger partial charge in [-0.05, 0) is 23.8 Å². The van der Waals surface area contributed by atoms with Gasteiger partial charge < -0.3 is 15.3 Å². The zero-order chi connectivity index (χ0) is 20.5. The Balaban J connectivity index is 1.92. The van der Waals surface area contributed by atoms with E-state index < -0.39 is 15.9 Å². The van der Waals surface area contributed by atoms with E-state index in [9.17, 15) is 18.3 Å². The number of aromatic hydroxyl groups is 1. The Kier molecular flexibility index (Phi) is 5.26. The summed E-state index contributed by atoms with van der Waals surface area (Å²) in [5.74, 6) is -0.881. The lowest BCUT2D eigenvalue weighted by atomic mass is 10.0. The molecule has 3 aromatic carbocycles. The van der Waals surface area contributed by atoms with Crippen LogP contribution >= 0.6 is 0 Å². The molecule has 146 valence electrons. The monoisotopic (exact) mass is 399 g/mol. The number of phenolic OH excluding ortho intramolecular Hbond substituents is 1. The molecule has 0 aliphatic carbocycles. The van der Waals surface area contributed by atoms with Crippen molar-refractivity contribution < 1.29 is 18.3 Å². The molecule has 8 heteroatoms. The third kappa shape index (κ3) is 3.92. The molecule has 0 aliphatic heterocycles. The molecule has 7 nitrogen and oxygen atoms in total. The summed E-state index contributed by atoms with van der Waals surface area (Å²) in [4.78, 5) is 14.4. The van der Waals surface area contributed by atoms with Crippen LogP contribution in [0.4, 0.5) is 5.69 Å². The number of benzene rings is 3. The first-order chi connectivity index (χ1) is 13.2. The number of fused-ring (bicyclic) bond motifs is 1. The zero-order valence-corrected chi connectivity index (χ0v) is 16.3. The topological polar surface area (TPSA) is 113 Å². The van der Waals surface area contributed by atoms with Crippen LogP contribution in [0, 0.1) is 0 Å². The van der Waals surface area contributed by atoms with E-state index in [1.165, 1.54) is 12.1 Å². The van der Waals surface area contributed by atoms with Crippen LogP contribution in [0.2, 0.25) is 0 Å². The number of rotatable bonds is 5. The maximum Gasteiger partial charge on any atom is 0.255 e. The molecule has 0 saturated carbocycles. The van der Waals surface area contributed by atoms with Gasteiger partial charge in [0.1, 0.15) is 5.75 Å². The molecule has 3 rings (SSSR count). The molecule has 1 amide bonds. The first-order valence-corrected chi connectivity index (χ1v) is 10.0. The van der Waals surface area contributed by atoms with E-state index in [2.05, 4.69) is 5.32 Å². The van der Waals surface area contributed by atoms with E-state index in [0.29, 0.717) is 0 Å². The zero-order valence-electron chi connectivity index (χ0n) is 15.5. The van der Waals surface area contributed by atoms with Crippen molar-refractivity contribution in [1.82, 2.24) is 5.32 Å². The van der Waals surface area contributed by atoms with Crippen LogP contribution in [-0.2, 0) is 16.6 Å². The Morgan fingerprint density at radius 1 is 1.07 bits per heavy atom. The van der Waals surface area contributed by atoms with E-state index in [0.717, 1.165) is 17.3 Å². The van der Waals surface area contributed by atoms with Gasteiger partial charge in [-0.25, -0.2) is 13.6 Å². The maximum atomic E-state index is 12.6. The highest BCUT2D eigenvalue weighted by atomic mass is 32.2. The number of amides is 1. The number of nitrogens with two attached hydrogens (primary N) is 1. The third-order valence-electron chi connectivity index (χ3n) is 4.44. The Morgan fingerprint density at radius 2 is 1.68 bits per heavy atom. The van der Waals surface area contributed by atoms with E-state index in [-0.39, 0.29) is 33.5 Å². The van der Waals surface area contributed by atoms with Gasteiger partial charge in [-0.1, -0.05) is 36.4 Å². The molecule has 0 saturated heterocycles. The highest BCUT2D eigenvalue weighted by Gasteiger charge is 2.21. The lowest BCUT2D eigenvalue weighted by Crippen LogP contribution is -2.24. The predicted molar refractivity (Wildman–Crippen MR) is 109 cm³/mol. The highest BCUT2D eigenvalue weighted by Crippen LogP contribution is 2.33. The minimum atomic E-state index is -4.08. The maximum absolute atomic E-state index is 12.6. The summed E-state index contributed by atoms with van der Waals surface area (Å²) in [6, 6.07) is 15.1. The first kappa shape index (κ1) is 19.7. The van der Waals surface area contributed by atoms with Crippen molar-refractivity contribution in [3.63, 3.8) is 0 Å². The van der Waals surface area contributed by atoms with Crippen LogP contribution < -0.4 is 15.4 Å². The van der Waals surface area contributed by atoms with Gasteiger partial charge >= 0.3 is 0 Å². The SMILES string of the molecule is CN(C)c1ccc(CNC(=O)c2cc(S(N)(=O)=O)c3ccccc3c2O)cc1. The lowest BCUT2D eigenvalue weighted by Gasteiger charge is -2.14. The largest absolute Gasteiger partial charge is 0.506 e. The number of nitrogens with zero attached hydrogens (tertiary/aromatic N) is 1. The van der Waals surface area contributed by atoms with Crippen molar-refractivity contribution >= 4 is 32.4 Å². The molecule has 0 radical (unpaired) electrons. The molecule has 4 N–H and O–H groups in total. The van der Waals surface area contributed by atoms with Crippen molar-refractivity contribution in [1.29, 1.82) is 0 Å². The molecule has 28 heavy (non-hydrogen) atoms. The van der Waals surface area contributed by atoms with Crippen LogP contribution in [0.1, 0.15) is 15.9 Å². The fourth-order valence-electron chi connectivity index (χ4n) is 2.92. The smallest absolute Gasteiger partial charge is 0.255 e. The van der Waals surface area contributed by atoms with E-state index in [1.807, 2.05) is 43.3 Å². The van der Waals surface area contributed by atoms with Crippen LogP contribution in [-0.4, -0.2) is 33.5 Å². The number of carbonyl (C=O) groups excluding carboxylic acids is 1. The summed E-state index contributed by atoms with van der Waals surface area (Å²) in [5.41, 5.74) is 1.75. The number of hydrogen-bond acceptors (Lipinski definition) is 5. The normalized spacial score (nSPS) is 11.4. The van der Waals surface area contributed by atoms with E-state index >= 15 is 0 Å². The molecule has 0 heterocycles. The number of nitrogens with one attached hydrogen (secondary N) is 1. The van der Waals surface area contributed by atoms with Crippen molar-refractivity contribution in [3.05, 3.63) is 65.7 Å². The summed E-state index contributed by atoms with van der Waals surface area (Å²) in [6.45, 7) is 0.226. The average molecular weight is 399 g/mol. The summed E-state index contributed by atoms with van der Waals surface area (Å²) in [5, 5.41) is 19.0. The standard InChI is InChI=1S/C20H21N3O4S/c1-23(2)14-9-7-13(8-10-14)12-22-20(25)17-11-18(28(21,26)27)15-5-3-4-6-16(15)19(17)24/h3-11,24H,12H2,1-2H3,(H,22,25)(H2,21,26,27). The Hall–Kier alpha value is -3.10. The molecule has 0 fully saturated rings. The molecule has 3 aromatic rings. The van der Waals surface area contributed by atoms with Gasteiger partial charge in [0.15, 0.2) is 0 Å². The molecule has 0 bridgehead atoms. The third-order valence-corrected chi connectivity index (χ3v) is 5.39. The molecular weight excluding hydrogens is 378 g/mol. The second-order valence-corrected chi connectivity index (χ2v) is 8.13. The van der Waals surface area contributed by atoms with Gasteiger partial charge in [0.05, 0.1) is 10.5 Å². The second kappa shape index (κ2) is 7.49. The highest BCUT2D eigenvalue weighted by molar-refractivity contribution is 7.89. The van der Waals surface area contributed by atoms with E-state index in [1.54, 1.807) is 12.1 Å². The molecule has 0 aromatic heterocycles. The number of carbonyl (C=O) groups is 1. The number of sulfonamides is 1. The number of anilines is 1. The van der Waals surface area contributed by atoms with Crippen LogP contribution in [0.3, 0.4) is 0 Å². The van der Waals surface area contributed by atoms with Gasteiger partial charge in [0.2, 0.25) is 10.0 Å². The number of phenols is 1. The van der Waals surface area contributed by atoms with Gasteiger partial charge in [-0.3, -0.25) is 4.79 Å². The van der Waals surface area contributed by atoms with Crippen molar-refractivity contribution in [2.75, 3.05) is 19.0 Å². The summed E-state index contributed by atoms with van der Waals surface area (Å²) in [6.07, 6.45) is 0. The van der Waals surface area contributed by atoms with Crippen molar-refractivity contribution in [2.45, 2.75) is 11.4 Å². The fourth-order valence-corrected chi connectivity index (χ4v) is 3.69. The second-order valence-electron chi connectivity index (χ2n) is 6.61. The predicted octanol–water partition coefficient (Wildman–Crippen LogP) is 2.19. The van der Waals surface area contributed by atoms with Crippen molar-refractivity contribution in [2.24, 2.45) is 5.14 Å². The average Bonchev–Trinajstić information content (AvgIpc) is 2.66. The molecule has 0 atom stereocenters. The number of hydrogen-bond donors (Lipinski definition) is 3. The molecule has 0 aliphatic rings. The Bertz CT molecular complexity index is 1140. The van der Waals surface area contributed by atoms with Gasteiger partial charge in [-0.2, -0.15) is 0 Å². The Labute approximate surface area is 163 Å². The molecular formula is C20H21N3O4S. The van der Waals surface area contributed by atoms with Crippen LogP contribution in [0.15, 0.2) is 59.5 Å². The summed E-state index contributed by atoms with van der Waals surface area (Å²) >= 11 is 0. The Morgan fingerprint density at radius 3 is 2.25 bits per heavy atom. The summed E-state index contributed by atoms with van der Waals surface area (Å²) < 4.78 is 23.9. The van der Waals surface area contributed by atoms with Crippen molar-refractivity contribution in [3.8, 4) is 5.75 Å². The van der Waals surface area contributed by atoms with Crippen LogP contribution in [0.25, 0.3) is 10.8 Å². The molecule has 0 unspecified atom stereocenters. The van der Waals surface area contributed by atoms with E-state index in [4.69, 9.17) is 5.14 Å². The quantitative estimate of drug-likeness (QED) is 0.609. The molecule has 0 spiro atoms. The number of primary sulfonamides is 1. The van der Waals surface area contributed by atoms with Gasteiger partial charge in [-0.15, -0.1) is 0 Å². The minimum absolute atomic E-state index is 0.146.